The molecule has 0 spiro atoms. The lowest BCUT2D eigenvalue weighted by molar-refractivity contribution is 0.284. The Kier molecular flexibility index (Phi) is 4.86. The SMILES string of the molecule is CC(C)(C)CC(C)(C)c1ccc(-c2nnc(-c3ccccc3)nn2)cc1. The molecule has 3 aromatic rings. The van der Waals surface area contributed by atoms with E-state index >= 15 is 0 Å². The van der Waals surface area contributed by atoms with Crippen LogP contribution in [0, 0.1) is 5.41 Å². The highest BCUT2D eigenvalue weighted by Crippen LogP contribution is 2.36. The van der Waals surface area contributed by atoms with Gasteiger partial charge >= 0.3 is 0 Å². The second-order valence-electron chi connectivity index (χ2n) is 8.61. The lowest BCUT2D eigenvalue weighted by Gasteiger charge is -2.33. The van der Waals surface area contributed by atoms with E-state index in [-0.39, 0.29) is 10.8 Å². The fraction of sp³-hybridized carbons (Fsp3) is 0.364. The summed E-state index contributed by atoms with van der Waals surface area (Å²) in [7, 11) is 0. The first-order valence-electron chi connectivity index (χ1n) is 8.98. The van der Waals surface area contributed by atoms with Gasteiger partial charge in [-0.05, 0) is 22.8 Å². The van der Waals surface area contributed by atoms with Gasteiger partial charge < -0.3 is 0 Å². The van der Waals surface area contributed by atoms with Crippen molar-refractivity contribution in [2.45, 2.75) is 46.5 Å². The first kappa shape index (κ1) is 18.2. The lowest BCUT2D eigenvalue weighted by Crippen LogP contribution is -2.24. The Morgan fingerprint density at radius 3 is 1.54 bits per heavy atom. The van der Waals surface area contributed by atoms with Crippen molar-refractivity contribution in [3.8, 4) is 22.8 Å². The molecule has 26 heavy (non-hydrogen) atoms. The van der Waals surface area contributed by atoms with Gasteiger partial charge in [0, 0.05) is 11.1 Å². The van der Waals surface area contributed by atoms with E-state index in [1.54, 1.807) is 0 Å². The van der Waals surface area contributed by atoms with Crippen molar-refractivity contribution in [1.82, 2.24) is 20.4 Å². The van der Waals surface area contributed by atoms with Gasteiger partial charge in [-0.2, -0.15) is 0 Å². The van der Waals surface area contributed by atoms with Crippen molar-refractivity contribution in [3.05, 3.63) is 60.2 Å². The molecule has 0 unspecified atom stereocenters. The van der Waals surface area contributed by atoms with Crippen LogP contribution in [0.4, 0.5) is 0 Å². The Morgan fingerprint density at radius 2 is 1.08 bits per heavy atom. The minimum absolute atomic E-state index is 0.116. The maximum absolute atomic E-state index is 4.25. The highest BCUT2D eigenvalue weighted by molar-refractivity contribution is 5.57. The summed E-state index contributed by atoms with van der Waals surface area (Å²) in [6, 6.07) is 18.2. The molecular formula is C22H26N4. The van der Waals surface area contributed by atoms with Crippen LogP contribution in [0.15, 0.2) is 54.6 Å². The molecule has 3 rings (SSSR count). The number of benzene rings is 2. The van der Waals surface area contributed by atoms with Crippen LogP contribution in [0.3, 0.4) is 0 Å². The Hall–Kier alpha value is -2.62. The van der Waals surface area contributed by atoms with Gasteiger partial charge in [0.05, 0.1) is 0 Å². The molecule has 4 heteroatoms. The third-order valence-electron chi connectivity index (χ3n) is 4.41. The summed E-state index contributed by atoms with van der Waals surface area (Å²) in [5.41, 5.74) is 3.56. The number of aromatic nitrogens is 4. The van der Waals surface area contributed by atoms with Gasteiger partial charge in [0.2, 0.25) is 11.6 Å². The minimum atomic E-state index is 0.116. The molecular weight excluding hydrogens is 320 g/mol. The highest BCUT2D eigenvalue weighted by Gasteiger charge is 2.27. The number of hydrogen-bond donors (Lipinski definition) is 0. The quantitative estimate of drug-likeness (QED) is 0.642. The average molecular weight is 346 g/mol. The van der Waals surface area contributed by atoms with Crippen LogP contribution in [-0.2, 0) is 5.41 Å². The third kappa shape index (κ3) is 4.31. The normalized spacial score (nSPS) is 12.2. The van der Waals surface area contributed by atoms with Crippen LogP contribution in [0.2, 0.25) is 0 Å². The monoisotopic (exact) mass is 346 g/mol. The van der Waals surface area contributed by atoms with E-state index in [4.69, 9.17) is 0 Å². The third-order valence-corrected chi connectivity index (χ3v) is 4.41. The molecule has 134 valence electrons. The predicted molar refractivity (Wildman–Crippen MR) is 106 cm³/mol. The maximum atomic E-state index is 4.25. The fourth-order valence-corrected chi connectivity index (χ4v) is 3.55. The molecule has 0 bridgehead atoms. The Balaban J connectivity index is 1.81. The van der Waals surface area contributed by atoms with Crippen molar-refractivity contribution in [3.63, 3.8) is 0 Å². The average Bonchev–Trinajstić information content (AvgIpc) is 2.61. The molecule has 0 aliphatic carbocycles. The second kappa shape index (κ2) is 6.94. The van der Waals surface area contributed by atoms with Crippen LogP contribution < -0.4 is 0 Å². The van der Waals surface area contributed by atoms with Gasteiger partial charge in [-0.3, -0.25) is 0 Å². The standard InChI is InChI=1S/C22H26N4/c1-21(2,3)15-22(4,5)18-13-11-17(12-14-18)20-25-23-19(24-26-20)16-9-7-6-8-10-16/h6-14H,15H2,1-5H3. The molecule has 0 saturated heterocycles. The summed E-state index contributed by atoms with van der Waals surface area (Å²) in [5.74, 6) is 1.09. The zero-order chi connectivity index (χ0) is 18.8. The van der Waals surface area contributed by atoms with Gasteiger partial charge in [-0.15, -0.1) is 20.4 Å². The molecule has 1 aromatic heterocycles. The van der Waals surface area contributed by atoms with Gasteiger partial charge in [-0.25, -0.2) is 0 Å². The molecule has 1 heterocycles. The smallest absolute Gasteiger partial charge is 0.126 e. The van der Waals surface area contributed by atoms with E-state index in [0.717, 1.165) is 17.5 Å². The Bertz CT molecular complexity index is 845. The second-order valence-corrected chi connectivity index (χ2v) is 8.61. The highest BCUT2D eigenvalue weighted by atomic mass is 15.3. The molecule has 0 aliphatic rings. The molecule has 0 fully saturated rings. The van der Waals surface area contributed by atoms with Crippen LogP contribution in [0.25, 0.3) is 22.8 Å². The zero-order valence-corrected chi connectivity index (χ0v) is 16.2. The molecule has 2 aromatic carbocycles. The van der Waals surface area contributed by atoms with Gasteiger partial charge in [0.15, 0.2) is 0 Å². The van der Waals surface area contributed by atoms with E-state index in [1.807, 2.05) is 30.3 Å². The number of hydrogen-bond acceptors (Lipinski definition) is 4. The van der Waals surface area contributed by atoms with Crippen molar-refractivity contribution in [1.29, 1.82) is 0 Å². The van der Waals surface area contributed by atoms with E-state index < -0.39 is 0 Å². The van der Waals surface area contributed by atoms with Crippen LogP contribution in [0.5, 0.6) is 0 Å². The van der Waals surface area contributed by atoms with Crippen molar-refractivity contribution in [2.75, 3.05) is 0 Å². The molecule has 0 radical (unpaired) electrons. The zero-order valence-electron chi connectivity index (χ0n) is 16.2. The van der Waals surface area contributed by atoms with Crippen LogP contribution in [-0.4, -0.2) is 20.4 Å². The van der Waals surface area contributed by atoms with Gasteiger partial charge in [0.25, 0.3) is 0 Å². The van der Waals surface area contributed by atoms with E-state index in [1.165, 1.54) is 5.56 Å². The summed E-state index contributed by atoms with van der Waals surface area (Å²) < 4.78 is 0. The lowest BCUT2D eigenvalue weighted by atomic mass is 9.72. The molecule has 0 aliphatic heterocycles. The topological polar surface area (TPSA) is 51.6 Å². The molecule has 0 saturated carbocycles. The Morgan fingerprint density at radius 1 is 0.615 bits per heavy atom. The van der Waals surface area contributed by atoms with E-state index in [0.29, 0.717) is 11.6 Å². The van der Waals surface area contributed by atoms with Crippen molar-refractivity contribution >= 4 is 0 Å². The largest absolute Gasteiger partial charge is 0.203 e. The molecule has 4 nitrogen and oxygen atoms in total. The van der Waals surface area contributed by atoms with Crippen molar-refractivity contribution < 1.29 is 0 Å². The predicted octanol–water partition coefficient (Wildman–Crippen LogP) is 5.31. The van der Waals surface area contributed by atoms with Crippen molar-refractivity contribution in [2.24, 2.45) is 5.41 Å². The summed E-state index contributed by atoms with van der Waals surface area (Å²) in [6.07, 6.45) is 1.12. The summed E-state index contributed by atoms with van der Waals surface area (Å²) >= 11 is 0. The maximum Gasteiger partial charge on any atom is 0.203 e. The van der Waals surface area contributed by atoms with E-state index in [9.17, 15) is 0 Å². The van der Waals surface area contributed by atoms with Gasteiger partial charge in [0.1, 0.15) is 0 Å². The van der Waals surface area contributed by atoms with E-state index in [2.05, 4.69) is 79.3 Å². The summed E-state index contributed by atoms with van der Waals surface area (Å²) in [5, 5.41) is 16.9. The first-order chi connectivity index (χ1) is 12.2. The Labute approximate surface area is 155 Å². The van der Waals surface area contributed by atoms with Crippen LogP contribution >= 0.6 is 0 Å². The molecule has 0 N–H and O–H groups in total. The number of nitrogens with zero attached hydrogens (tertiary/aromatic N) is 4. The molecule has 0 atom stereocenters. The van der Waals surface area contributed by atoms with Crippen LogP contribution in [0.1, 0.15) is 46.6 Å². The summed E-state index contributed by atoms with van der Waals surface area (Å²) in [6.45, 7) is 11.4. The fourth-order valence-electron chi connectivity index (χ4n) is 3.55. The first-order valence-corrected chi connectivity index (χ1v) is 8.98. The molecule has 0 amide bonds. The van der Waals surface area contributed by atoms with Gasteiger partial charge in [-0.1, -0.05) is 89.2 Å². The summed E-state index contributed by atoms with van der Waals surface area (Å²) in [4.78, 5) is 0. The minimum Gasteiger partial charge on any atom is -0.126 e. The number of rotatable bonds is 4.